The number of alkyl halides is 4. The zero-order chi connectivity index (χ0) is 17.7. The van der Waals surface area contributed by atoms with E-state index < -0.39 is 23.7 Å². The second-order valence-electron chi connectivity index (χ2n) is 4.67. The predicted molar refractivity (Wildman–Crippen MR) is 72.2 cm³/mol. The summed E-state index contributed by atoms with van der Waals surface area (Å²) in [6, 6.07) is 5.14. The minimum atomic E-state index is -4.92. The Morgan fingerprint density at radius 3 is 2.38 bits per heavy atom. The van der Waals surface area contributed by atoms with Gasteiger partial charge in [-0.3, -0.25) is 0 Å². The lowest BCUT2D eigenvalue weighted by molar-refractivity contribution is -0.391. The lowest BCUT2D eigenvalue weighted by Crippen LogP contribution is -2.52. The fourth-order valence-corrected chi connectivity index (χ4v) is 2.07. The highest BCUT2D eigenvalue weighted by Gasteiger charge is 2.66. The quantitative estimate of drug-likeness (QED) is 0.762. The van der Waals surface area contributed by atoms with E-state index >= 15 is 0 Å². The molecule has 0 spiro atoms. The lowest BCUT2D eigenvalue weighted by Gasteiger charge is -2.32. The van der Waals surface area contributed by atoms with E-state index in [1.807, 2.05) is 0 Å². The summed E-state index contributed by atoms with van der Waals surface area (Å²) in [6.07, 6.45) is -9.78. The molecular weight excluding hydrogens is 334 g/mol. The fraction of sp³-hybridized carbons (Fsp3) is 0.154. The molecule has 1 aliphatic heterocycles. The Kier molecular flexibility index (Phi) is 3.15. The molecule has 2 heterocycles. The zero-order valence-corrected chi connectivity index (χ0v) is 11.6. The molecular formula is C13H7F4N5O2. The van der Waals surface area contributed by atoms with Crippen LogP contribution in [0.1, 0.15) is 5.56 Å². The summed E-state index contributed by atoms with van der Waals surface area (Å²) < 4.78 is 61.6. The Labute approximate surface area is 131 Å². The molecule has 1 aromatic carbocycles. The van der Waals surface area contributed by atoms with Gasteiger partial charge in [0.05, 0.1) is 5.69 Å². The molecule has 0 saturated carbocycles. The van der Waals surface area contributed by atoms with Crippen LogP contribution in [0.4, 0.5) is 29.3 Å². The Morgan fingerprint density at radius 2 is 1.71 bits per heavy atom. The average Bonchev–Trinajstić information content (AvgIpc) is 2.46. The molecule has 1 aromatic heterocycles. The molecule has 0 aliphatic carbocycles. The van der Waals surface area contributed by atoms with Gasteiger partial charge in [0.25, 0.3) is 0 Å². The molecule has 24 heavy (non-hydrogen) atoms. The van der Waals surface area contributed by atoms with Gasteiger partial charge in [-0.25, -0.2) is 4.98 Å². The van der Waals surface area contributed by atoms with Gasteiger partial charge in [0.1, 0.15) is 17.5 Å². The predicted octanol–water partition coefficient (Wildman–Crippen LogP) is 2.14. The molecule has 7 nitrogen and oxygen atoms in total. The number of para-hydroxylation sites is 1. The summed E-state index contributed by atoms with van der Waals surface area (Å²) in [5.41, 5.74) is 10.2. The number of ether oxygens (including phenoxy) is 2. The standard InChI is InChI=1S/C13H7F4N5O2/c14-12(15)13(16,17)24-9-5(2-1-3-7(9)23-12)8-6(4-18)10(19)22-11(20)21-8/h1-3H,(H4,19,20,21,22). The van der Waals surface area contributed by atoms with E-state index in [0.717, 1.165) is 6.07 Å². The van der Waals surface area contributed by atoms with Crippen LogP contribution in [-0.2, 0) is 0 Å². The number of nitrogens with two attached hydrogens (primary N) is 2. The van der Waals surface area contributed by atoms with Gasteiger partial charge in [0.2, 0.25) is 5.95 Å². The number of nitriles is 1. The third-order valence-corrected chi connectivity index (χ3v) is 3.11. The van der Waals surface area contributed by atoms with Gasteiger partial charge in [-0.15, -0.1) is 0 Å². The molecule has 1 aliphatic rings. The van der Waals surface area contributed by atoms with E-state index in [-0.39, 0.29) is 28.6 Å². The number of rotatable bonds is 1. The fourth-order valence-electron chi connectivity index (χ4n) is 2.07. The van der Waals surface area contributed by atoms with Crippen molar-refractivity contribution in [2.75, 3.05) is 11.5 Å². The number of anilines is 2. The van der Waals surface area contributed by atoms with Crippen molar-refractivity contribution in [3.05, 3.63) is 23.8 Å². The number of halogens is 4. The normalized spacial score (nSPS) is 17.1. The first-order valence-corrected chi connectivity index (χ1v) is 6.26. The van der Waals surface area contributed by atoms with Crippen molar-refractivity contribution in [1.29, 1.82) is 5.26 Å². The highest BCUT2D eigenvalue weighted by molar-refractivity contribution is 5.79. The number of benzene rings is 1. The van der Waals surface area contributed by atoms with Crippen molar-refractivity contribution in [2.45, 2.75) is 12.2 Å². The van der Waals surface area contributed by atoms with E-state index in [2.05, 4.69) is 19.4 Å². The molecule has 0 bridgehead atoms. The molecule has 0 unspecified atom stereocenters. The molecule has 0 radical (unpaired) electrons. The highest BCUT2D eigenvalue weighted by Crippen LogP contribution is 2.50. The molecule has 0 atom stereocenters. The monoisotopic (exact) mass is 341 g/mol. The molecule has 0 saturated heterocycles. The van der Waals surface area contributed by atoms with Crippen molar-refractivity contribution >= 4 is 11.8 Å². The van der Waals surface area contributed by atoms with Gasteiger partial charge in [-0.1, -0.05) is 6.07 Å². The topological polar surface area (TPSA) is 120 Å². The SMILES string of the molecule is N#Cc1c(N)nc(N)nc1-c1cccc2c1OC(F)(F)C(F)(F)O2. The third-order valence-electron chi connectivity index (χ3n) is 3.11. The van der Waals surface area contributed by atoms with Crippen molar-refractivity contribution in [2.24, 2.45) is 0 Å². The first-order chi connectivity index (χ1) is 11.2. The Bertz CT molecular complexity index is 881. The van der Waals surface area contributed by atoms with Crippen LogP contribution in [0, 0.1) is 11.3 Å². The molecule has 11 heteroatoms. The first-order valence-electron chi connectivity index (χ1n) is 6.26. The summed E-state index contributed by atoms with van der Waals surface area (Å²) in [4.78, 5) is 7.34. The maximum atomic E-state index is 13.5. The van der Waals surface area contributed by atoms with E-state index in [1.165, 1.54) is 12.1 Å². The summed E-state index contributed by atoms with van der Waals surface area (Å²) >= 11 is 0. The number of nitrogens with zero attached hydrogens (tertiary/aromatic N) is 3. The molecule has 0 fully saturated rings. The Balaban J connectivity index is 2.26. The molecule has 0 amide bonds. The smallest absolute Gasteiger partial charge is 0.421 e. The van der Waals surface area contributed by atoms with Crippen LogP contribution in [0.3, 0.4) is 0 Å². The second kappa shape index (κ2) is 4.85. The van der Waals surface area contributed by atoms with Gasteiger partial charge in [-0.2, -0.15) is 27.8 Å². The van der Waals surface area contributed by atoms with Crippen LogP contribution in [0.2, 0.25) is 0 Å². The van der Waals surface area contributed by atoms with Crippen molar-refractivity contribution < 1.29 is 27.0 Å². The number of nitrogen functional groups attached to an aromatic ring is 2. The van der Waals surface area contributed by atoms with Crippen LogP contribution in [0.15, 0.2) is 18.2 Å². The molecule has 2 aromatic rings. The Hall–Kier alpha value is -3.29. The van der Waals surface area contributed by atoms with E-state index in [4.69, 9.17) is 16.7 Å². The number of fused-ring (bicyclic) bond motifs is 1. The maximum absolute atomic E-state index is 13.5. The number of hydrogen-bond acceptors (Lipinski definition) is 7. The van der Waals surface area contributed by atoms with Crippen LogP contribution in [0.5, 0.6) is 11.5 Å². The summed E-state index contributed by atoms with van der Waals surface area (Å²) in [5, 5.41) is 9.15. The summed E-state index contributed by atoms with van der Waals surface area (Å²) in [5.74, 6) is -2.01. The first kappa shape index (κ1) is 15.6. The van der Waals surface area contributed by atoms with Gasteiger partial charge in [0.15, 0.2) is 11.5 Å². The number of hydrogen-bond donors (Lipinski definition) is 2. The van der Waals surface area contributed by atoms with Gasteiger partial charge in [0, 0.05) is 5.56 Å². The zero-order valence-electron chi connectivity index (χ0n) is 11.6. The molecule has 124 valence electrons. The summed E-state index contributed by atoms with van der Waals surface area (Å²) in [6.45, 7) is 0. The maximum Gasteiger partial charge on any atom is 0.507 e. The van der Waals surface area contributed by atoms with Crippen molar-refractivity contribution in [3.63, 3.8) is 0 Å². The van der Waals surface area contributed by atoms with E-state index in [1.54, 1.807) is 6.07 Å². The summed E-state index contributed by atoms with van der Waals surface area (Å²) in [7, 11) is 0. The van der Waals surface area contributed by atoms with E-state index in [0.29, 0.717) is 0 Å². The van der Waals surface area contributed by atoms with E-state index in [9.17, 15) is 17.6 Å². The Morgan fingerprint density at radius 1 is 1.04 bits per heavy atom. The number of aromatic nitrogens is 2. The average molecular weight is 341 g/mol. The van der Waals surface area contributed by atoms with Gasteiger partial charge < -0.3 is 20.9 Å². The van der Waals surface area contributed by atoms with Crippen LogP contribution in [-0.4, -0.2) is 22.2 Å². The lowest BCUT2D eigenvalue weighted by atomic mass is 10.0. The van der Waals surface area contributed by atoms with Gasteiger partial charge >= 0.3 is 12.2 Å². The van der Waals surface area contributed by atoms with Crippen molar-refractivity contribution in [3.8, 4) is 28.8 Å². The molecule has 3 rings (SSSR count). The minimum Gasteiger partial charge on any atom is -0.421 e. The van der Waals surface area contributed by atoms with Crippen LogP contribution in [0.25, 0.3) is 11.3 Å². The van der Waals surface area contributed by atoms with Gasteiger partial charge in [-0.05, 0) is 12.1 Å². The third kappa shape index (κ3) is 2.19. The highest BCUT2D eigenvalue weighted by atomic mass is 19.3. The van der Waals surface area contributed by atoms with Crippen LogP contribution >= 0.6 is 0 Å². The largest absolute Gasteiger partial charge is 0.507 e. The van der Waals surface area contributed by atoms with Crippen molar-refractivity contribution in [1.82, 2.24) is 9.97 Å². The minimum absolute atomic E-state index is 0.222. The molecule has 4 N–H and O–H groups in total. The second-order valence-corrected chi connectivity index (χ2v) is 4.67. The van der Waals surface area contributed by atoms with Crippen LogP contribution < -0.4 is 20.9 Å².